The molecule has 0 bridgehead atoms. The number of hydrogen-bond donors (Lipinski definition) is 1. The first-order valence-corrected chi connectivity index (χ1v) is 17.1. The molecule has 0 spiro atoms. The summed E-state index contributed by atoms with van der Waals surface area (Å²) in [5.74, 6) is -0.871. The summed E-state index contributed by atoms with van der Waals surface area (Å²) in [5, 5.41) is 8.69. The predicted molar refractivity (Wildman–Crippen MR) is 153 cm³/mol. The summed E-state index contributed by atoms with van der Waals surface area (Å²) in [7, 11) is -1.70. The van der Waals surface area contributed by atoms with E-state index in [9.17, 15) is 4.79 Å². The van der Waals surface area contributed by atoms with Gasteiger partial charge in [-0.1, -0.05) is 20.8 Å². The zero-order chi connectivity index (χ0) is 29.8. The number of ether oxygens (including phenoxy) is 9. The van der Waals surface area contributed by atoms with Crippen molar-refractivity contribution in [1.29, 1.82) is 0 Å². The second-order valence-electron chi connectivity index (χ2n) is 10.3. The standard InChI is InChI=1S/C27H56O12Si/c1-27(2,3)40(4,5)39-25-24-38-23-22-37-21-20-36-19-18-35-17-16-34-15-14-33-13-12-32-11-10-31-9-8-30-7-6-26(28)29/h6-25H2,1-5H3,(H,28,29). The lowest BCUT2D eigenvalue weighted by molar-refractivity contribution is -0.138. The Hall–Kier alpha value is -0.713. The summed E-state index contributed by atoms with van der Waals surface area (Å²) in [5.41, 5.74) is 0. The van der Waals surface area contributed by atoms with E-state index in [1.165, 1.54) is 0 Å². The van der Waals surface area contributed by atoms with E-state index in [2.05, 4.69) is 33.9 Å². The van der Waals surface area contributed by atoms with E-state index in [4.69, 9.17) is 52.2 Å². The molecule has 0 aliphatic carbocycles. The number of carboxylic acid groups (broad SMARTS) is 1. The van der Waals surface area contributed by atoms with Crippen molar-refractivity contribution in [1.82, 2.24) is 0 Å². The van der Waals surface area contributed by atoms with Gasteiger partial charge in [0.05, 0.1) is 132 Å². The fraction of sp³-hybridized carbons (Fsp3) is 0.963. The van der Waals surface area contributed by atoms with Gasteiger partial charge >= 0.3 is 5.97 Å². The van der Waals surface area contributed by atoms with E-state index < -0.39 is 14.3 Å². The van der Waals surface area contributed by atoms with Crippen LogP contribution in [-0.2, 0) is 51.9 Å². The van der Waals surface area contributed by atoms with Gasteiger partial charge in [-0.15, -0.1) is 0 Å². The molecule has 0 aliphatic heterocycles. The van der Waals surface area contributed by atoms with Gasteiger partial charge in [-0.2, -0.15) is 0 Å². The molecule has 0 saturated heterocycles. The van der Waals surface area contributed by atoms with Crippen LogP contribution >= 0.6 is 0 Å². The smallest absolute Gasteiger partial charge is 0.305 e. The minimum absolute atomic E-state index is 0.00156. The molecule has 0 fully saturated rings. The first-order chi connectivity index (χ1) is 19.2. The molecule has 1 N–H and O–H groups in total. The van der Waals surface area contributed by atoms with Crippen molar-refractivity contribution < 1.29 is 57.0 Å². The lowest BCUT2D eigenvalue weighted by Gasteiger charge is -2.36. The number of rotatable bonds is 31. The molecule has 0 radical (unpaired) electrons. The molecular weight excluding hydrogens is 544 g/mol. The van der Waals surface area contributed by atoms with Gasteiger partial charge in [0, 0.05) is 0 Å². The molecule has 0 unspecified atom stereocenters. The molecule has 0 heterocycles. The zero-order valence-electron chi connectivity index (χ0n) is 25.6. The largest absolute Gasteiger partial charge is 0.481 e. The van der Waals surface area contributed by atoms with Crippen LogP contribution in [0.4, 0.5) is 0 Å². The zero-order valence-corrected chi connectivity index (χ0v) is 26.6. The van der Waals surface area contributed by atoms with Crippen molar-refractivity contribution in [2.24, 2.45) is 0 Å². The summed E-state index contributed by atoms with van der Waals surface area (Å²) in [6, 6.07) is 0. The second kappa shape index (κ2) is 27.1. The van der Waals surface area contributed by atoms with Gasteiger partial charge in [-0.25, -0.2) is 0 Å². The lowest BCUT2D eigenvalue weighted by Crippen LogP contribution is -2.41. The summed E-state index contributed by atoms with van der Waals surface area (Å²) < 4.78 is 54.8. The first-order valence-electron chi connectivity index (χ1n) is 14.2. The molecule has 13 heteroatoms. The maximum Gasteiger partial charge on any atom is 0.305 e. The summed E-state index contributed by atoms with van der Waals surface area (Å²) in [4.78, 5) is 10.3. The molecule has 0 saturated carbocycles. The Bertz CT molecular complexity index is 560. The highest BCUT2D eigenvalue weighted by molar-refractivity contribution is 6.74. The van der Waals surface area contributed by atoms with Crippen LogP contribution < -0.4 is 0 Å². The molecule has 0 rings (SSSR count). The van der Waals surface area contributed by atoms with Crippen LogP contribution in [0.1, 0.15) is 27.2 Å². The predicted octanol–water partition coefficient (Wildman–Crippen LogP) is 2.63. The van der Waals surface area contributed by atoms with Crippen LogP contribution in [0.3, 0.4) is 0 Å². The number of carboxylic acids is 1. The van der Waals surface area contributed by atoms with E-state index in [0.717, 1.165) is 0 Å². The highest BCUT2D eigenvalue weighted by atomic mass is 28.4. The highest BCUT2D eigenvalue weighted by Gasteiger charge is 2.36. The number of carbonyl (C=O) groups is 1. The Morgan fingerprint density at radius 3 is 0.925 bits per heavy atom. The normalized spacial score (nSPS) is 12.3. The van der Waals surface area contributed by atoms with Crippen LogP contribution in [-0.4, -0.2) is 145 Å². The van der Waals surface area contributed by atoms with Crippen molar-refractivity contribution in [3.05, 3.63) is 0 Å². The van der Waals surface area contributed by atoms with Crippen molar-refractivity contribution in [2.45, 2.75) is 45.3 Å². The third-order valence-electron chi connectivity index (χ3n) is 5.93. The van der Waals surface area contributed by atoms with Gasteiger partial charge < -0.3 is 52.2 Å². The lowest BCUT2D eigenvalue weighted by atomic mass is 10.2. The van der Waals surface area contributed by atoms with E-state index in [1.54, 1.807) is 0 Å². The Morgan fingerprint density at radius 1 is 0.475 bits per heavy atom. The summed E-state index contributed by atoms with van der Waals surface area (Å²) in [6.07, 6.45) is 0.00156. The molecular formula is C27H56O12Si. The van der Waals surface area contributed by atoms with Crippen LogP contribution in [0, 0.1) is 0 Å². The van der Waals surface area contributed by atoms with Gasteiger partial charge in [0.15, 0.2) is 8.32 Å². The number of hydrogen-bond acceptors (Lipinski definition) is 11. The Labute approximate surface area is 242 Å². The van der Waals surface area contributed by atoms with Crippen molar-refractivity contribution in [2.75, 3.05) is 126 Å². The molecule has 12 nitrogen and oxygen atoms in total. The van der Waals surface area contributed by atoms with Crippen LogP contribution in [0.15, 0.2) is 0 Å². The topological polar surface area (TPSA) is 130 Å². The minimum Gasteiger partial charge on any atom is -0.481 e. The third kappa shape index (κ3) is 27.5. The van der Waals surface area contributed by atoms with Crippen LogP contribution in [0.25, 0.3) is 0 Å². The molecule has 0 aromatic heterocycles. The number of aliphatic carboxylic acids is 1. The fourth-order valence-corrected chi connectivity index (χ4v) is 3.62. The third-order valence-corrected chi connectivity index (χ3v) is 10.5. The maximum atomic E-state index is 10.3. The van der Waals surface area contributed by atoms with Gasteiger partial charge in [0.25, 0.3) is 0 Å². The molecule has 0 atom stereocenters. The molecule has 0 aromatic carbocycles. The molecule has 0 aromatic rings. The molecule has 240 valence electrons. The Kier molecular flexibility index (Phi) is 26.7. The Balaban J connectivity index is 3.14. The summed E-state index contributed by atoms with van der Waals surface area (Å²) >= 11 is 0. The first kappa shape index (κ1) is 39.3. The fourth-order valence-electron chi connectivity index (χ4n) is 2.59. The quantitative estimate of drug-likeness (QED) is 0.0927. The second-order valence-corrected chi connectivity index (χ2v) is 15.1. The molecule has 0 amide bonds. The van der Waals surface area contributed by atoms with Gasteiger partial charge in [0.2, 0.25) is 0 Å². The Morgan fingerprint density at radius 2 is 0.700 bits per heavy atom. The van der Waals surface area contributed by atoms with Crippen LogP contribution in [0.2, 0.25) is 18.1 Å². The van der Waals surface area contributed by atoms with Gasteiger partial charge in [-0.05, 0) is 18.1 Å². The monoisotopic (exact) mass is 600 g/mol. The van der Waals surface area contributed by atoms with E-state index >= 15 is 0 Å². The van der Waals surface area contributed by atoms with Crippen molar-refractivity contribution in [3.8, 4) is 0 Å². The maximum absolute atomic E-state index is 10.3. The van der Waals surface area contributed by atoms with Crippen molar-refractivity contribution >= 4 is 14.3 Å². The van der Waals surface area contributed by atoms with Crippen molar-refractivity contribution in [3.63, 3.8) is 0 Å². The molecule has 40 heavy (non-hydrogen) atoms. The highest BCUT2D eigenvalue weighted by Crippen LogP contribution is 2.36. The summed E-state index contributed by atoms with van der Waals surface area (Å²) in [6.45, 7) is 20.4. The van der Waals surface area contributed by atoms with Crippen LogP contribution in [0.5, 0.6) is 0 Å². The van der Waals surface area contributed by atoms with Gasteiger partial charge in [-0.3, -0.25) is 4.79 Å². The SMILES string of the molecule is CC(C)(C)[Si](C)(C)OCCOCCOCCOCCOCCOCCOCCOCCOCCOCCC(=O)O. The van der Waals surface area contributed by atoms with E-state index in [-0.39, 0.29) is 18.1 Å². The average molecular weight is 601 g/mol. The van der Waals surface area contributed by atoms with E-state index in [1.807, 2.05) is 0 Å². The van der Waals surface area contributed by atoms with E-state index in [0.29, 0.717) is 119 Å². The minimum atomic E-state index is -1.70. The average Bonchev–Trinajstić information content (AvgIpc) is 2.89. The van der Waals surface area contributed by atoms with Gasteiger partial charge in [0.1, 0.15) is 0 Å². The molecule has 0 aliphatic rings.